The van der Waals surface area contributed by atoms with Crippen LogP contribution in [0.5, 0.6) is 0 Å². The number of carboxylic acid groups (broad SMARTS) is 1. The highest BCUT2D eigenvalue weighted by molar-refractivity contribution is 5.77. The smallest absolute Gasteiger partial charge is 0.323 e. The van der Waals surface area contributed by atoms with Gasteiger partial charge in [0.25, 0.3) is 0 Å². The molecule has 0 aliphatic carbocycles. The Balaban J connectivity index is 4.36. The summed E-state index contributed by atoms with van der Waals surface area (Å²) in [4.78, 5) is 13.1. The standard InChI is InChI=1S/C13H24N2O2/c1-6-15(13(4,5)11(16)17)9-7-8-12(2,3)10-14/h6-9H2,1-5H3,(H,16,17). The van der Waals surface area contributed by atoms with Crippen molar-refractivity contribution in [2.45, 2.75) is 53.0 Å². The largest absolute Gasteiger partial charge is 0.480 e. The third kappa shape index (κ3) is 4.74. The number of carboxylic acids is 1. The molecule has 0 aromatic heterocycles. The summed E-state index contributed by atoms with van der Waals surface area (Å²) in [6.45, 7) is 10.6. The van der Waals surface area contributed by atoms with E-state index in [2.05, 4.69) is 6.07 Å². The Morgan fingerprint density at radius 2 is 1.88 bits per heavy atom. The molecule has 4 nitrogen and oxygen atoms in total. The van der Waals surface area contributed by atoms with E-state index in [4.69, 9.17) is 10.4 Å². The van der Waals surface area contributed by atoms with Crippen LogP contribution in [0.2, 0.25) is 0 Å². The molecule has 0 saturated heterocycles. The maximum Gasteiger partial charge on any atom is 0.323 e. The number of likely N-dealkylation sites (N-methyl/N-ethyl adjacent to an activating group) is 1. The average molecular weight is 240 g/mol. The fraction of sp³-hybridized carbons (Fsp3) is 0.846. The topological polar surface area (TPSA) is 64.3 Å². The van der Waals surface area contributed by atoms with Crippen molar-refractivity contribution in [1.82, 2.24) is 4.90 Å². The van der Waals surface area contributed by atoms with Crippen LogP contribution in [0.3, 0.4) is 0 Å². The van der Waals surface area contributed by atoms with E-state index < -0.39 is 11.5 Å². The van der Waals surface area contributed by atoms with Gasteiger partial charge in [0.1, 0.15) is 5.54 Å². The molecule has 98 valence electrons. The minimum Gasteiger partial charge on any atom is -0.480 e. The van der Waals surface area contributed by atoms with Crippen LogP contribution in [0.15, 0.2) is 0 Å². The number of aliphatic carboxylic acids is 1. The zero-order valence-electron chi connectivity index (χ0n) is 11.6. The van der Waals surface area contributed by atoms with Crippen LogP contribution in [0.25, 0.3) is 0 Å². The third-order valence-corrected chi connectivity index (χ3v) is 3.23. The van der Waals surface area contributed by atoms with Crippen LogP contribution in [0.4, 0.5) is 0 Å². The van der Waals surface area contributed by atoms with Crippen LogP contribution in [-0.4, -0.2) is 34.6 Å². The second-order valence-corrected chi connectivity index (χ2v) is 5.54. The monoisotopic (exact) mass is 240 g/mol. The summed E-state index contributed by atoms with van der Waals surface area (Å²) in [5.74, 6) is -0.807. The number of carbonyl (C=O) groups is 1. The van der Waals surface area contributed by atoms with Crippen molar-refractivity contribution >= 4 is 5.97 Å². The zero-order chi connectivity index (χ0) is 13.7. The second-order valence-electron chi connectivity index (χ2n) is 5.54. The molecule has 0 spiro atoms. The van der Waals surface area contributed by atoms with E-state index in [1.807, 2.05) is 25.7 Å². The molecule has 0 heterocycles. The number of nitriles is 1. The predicted octanol–water partition coefficient (Wildman–Crippen LogP) is 2.50. The number of nitrogens with zero attached hydrogens (tertiary/aromatic N) is 2. The molecule has 0 atom stereocenters. The summed E-state index contributed by atoms with van der Waals surface area (Å²) in [6, 6.07) is 2.26. The molecule has 0 fully saturated rings. The van der Waals surface area contributed by atoms with E-state index >= 15 is 0 Å². The van der Waals surface area contributed by atoms with Crippen LogP contribution in [-0.2, 0) is 4.79 Å². The molecule has 1 N–H and O–H groups in total. The van der Waals surface area contributed by atoms with E-state index in [9.17, 15) is 4.79 Å². The molecule has 17 heavy (non-hydrogen) atoms. The van der Waals surface area contributed by atoms with E-state index in [0.717, 1.165) is 12.8 Å². The van der Waals surface area contributed by atoms with Gasteiger partial charge in [-0.25, -0.2) is 0 Å². The predicted molar refractivity (Wildman–Crippen MR) is 67.6 cm³/mol. The van der Waals surface area contributed by atoms with Crippen molar-refractivity contribution in [2.24, 2.45) is 5.41 Å². The Hall–Kier alpha value is -1.08. The van der Waals surface area contributed by atoms with Gasteiger partial charge in [-0.1, -0.05) is 6.92 Å². The summed E-state index contributed by atoms with van der Waals surface area (Å²) in [5, 5.41) is 18.1. The molecule has 0 amide bonds. The molecule has 4 heteroatoms. The zero-order valence-corrected chi connectivity index (χ0v) is 11.6. The average Bonchev–Trinajstić information content (AvgIpc) is 2.23. The highest BCUT2D eigenvalue weighted by Gasteiger charge is 2.33. The molecule has 0 aromatic carbocycles. The molecule has 0 rings (SSSR count). The molecule has 0 saturated carbocycles. The lowest BCUT2D eigenvalue weighted by Crippen LogP contribution is -2.50. The van der Waals surface area contributed by atoms with Gasteiger partial charge in [-0.2, -0.15) is 5.26 Å². The van der Waals surface area contributed by atoms with Gasteiger partial charge in [0, 0.05) is 0 Å². The van der Waals surface area contributed by atoms with Crippen molar-refractivity contribution in [2.75, 3.05) is 13.1 Å². The van der Waals surface area contributed by atoms with Crippen molar-refractivity contribution in [3.8, 4) is 6.07 Å². The van der Waals surface area contributed by atoms with E-state index in [-0.39, 0.29) is 5.41 Å². The fourth-order valence-corrected chi connectivity index (χ4v) is 1.74. The Kier molecular flexibility index (Phi) is 5.63. The van der Waals surface area contributed by atoms with Gasteiger partial charge in [0.2, 0.25) is 0 Å². The van der Waals surface area contributed by atoms with E-state index in [0.29, 0.717) is 13.1 Å². The van der Waals surface area contributed by atoms with Crippen LogP contribution in [0.1, 0.15) is 47.5 Å². The van der Waals surface area contributed by atoms with Crippen LogP contribution >= 0.6 is 0 Å². The maximum absolute atomic E-state index is 11.1. The van der Waals surface area contributed by atoms with Crippen LogP contribution in [0, 0.1) is 16.7 Å². The normalized spacial score (nSPS) is 12.5. The Morgan fingerprint density at radius 1 is 1.35 bits per heavy atom. The highest BCUT2D eigenvalue weighted by Crippen LogP contribution is 2.22. The first kappa shape index (κ1) is 15.9. The number of hydrogen-bond acceptors (Lipinski definition) is 3. The van der Waals surface area contributed by atoms with Gasteiger partial charge in [-0.3, -0.25) is 9.69 Å². The Labute approximate surface area is 104 Å². The molecule has 0 unspecified atom stereocenters. The summed E-state index contributed by atoms with van der Waals surface area (Å²) < 4.78 is 0. The molecule has 0 radical (unpaired) electrons. The Bertz CT molecular complexity index is 303. The molecule has 0 aromatic rings. The first-order chi connectivity index (χ1) is 7.67. The second kappa shape index (κ2) is 6.02. The fourth-order valence-electron chi connectivity index (χ4n) is 1.74. The molecule has 0 aliphatic rings. The molecule has 0 aliphatic heterocycles. The maximum atomic E-state index is 11.1. The quantitative estimate of drug-likeness (QED) is 0.742. The van der Waals surface area contributed by atoms with Gasteiger partial charge in [0.15, 0.2) is 0 Å². The van der Waals surface area contributed by atoms with E-state index in [1.54, 1.807) is 13.8 Å². The summed E-state index contributed by atoms with van der Waals surface area (Å²) in [5.41, 5.74) is -1.17. The van der Waals surface area contributed by atoms with Gasteiger partial charge in [-0.15, -0.1) is 0 Å². The number of hydrogen-bond donors (Lipinski definition) is 1. The molecule has 0 bridgehead atoms. The van der Waals surface area contributed by atoms with Crippen molar-refractivity contribution in [1.29, 1.82) is 5.26 Å². The third-order valence-electron chi connectivity index (χ3n) is 3.23. The first-order valence-electron chi connectivity index (χ1n) is 6.07. The lowest BCUT2D eigenvalue weighted by atomic mass is 9.89. The SMILES string of the molecule is CCN(CCCC(C)(C)C#N)C(C)(C)C(=O)O. The molecular formula is C13H24N2O2. The van der Waals surface area contributed by atoms with E-state index in [1.165, 1.54) is 0 Å². The van der Waals surface area contributed by atoms with Gasteiger partial charge < -0.3 is 5.11 Å². The number of rotatable bonds is 7. The van der Waals surface area contributed by atoms with Gasteiger partial charge in [-0.05, 0) is 53.6 Å². The lowest BCUT2D eigenvalue weighted by Gasteiger charge is -2.34. The first-order valence-corrected chi connectivity index (χ1v) is 6.07. The lowest BCUT2D eigenvalue weighted by molar-refractivity contribution is -0.149. The van der Waals surface area contributed by atoms with Gasteiger partial charge >= 0.3 is 5.97 Å². The van der Waals surface area contributed by atoms with Crippen LogP contribution < -0.4 is 0 Å². The minimum atomic E-state index is -0.842. The summed E-state index contributed by atoms with van der Waals surface area (Å²) in [7, 11) is 0. The Morgan fingerprint density at radius 3 is 2.24 bits per heavy atom. The molecular weight excluding hydrogens is 216 g/mol. The minimum absolute atomic E-state index is 0.327. The van der Waals surface area contributed by atoms with Crippen molar-refractivity contribution in [3.05, 3.63) is 0 Å². The van der Waals surface area contributed by atoms with Crippen molar-refractivity contribution in [3.63, 3.8) is 0 Å². The van der Waals surface area contributed by atoms with Crippen molar-refractivity contribution < 1.29 is 9.90 Å². The summed E-state index contributed by atoms with van der Waals surface area (Å²) in [6.07, 6.45) is 1.63. The van der Waals surface area contributed by atoms with Gasteiger partial charge in [0.05, 0.1) is 11.5 Å². The summed E-state index contributed by atoms with van der Waals surface area (Å²) >= 11 is 0. The highest BCUT2D eigenvalue weighted by atomic mass is 16.4.